The van der Waals surface area contributed by atoms with Crippen molar-refractivity contribution in [3.63, 3.8) is 0 Å². The van der Waals surface area contributed by atoms with Crippen molar-refractivity contribution in [2.45, 2.75) is 19.3 Å². The second-order valence-corrected chi connectivity index (χ2v) is 9.36. The normalized spacial score (nSPS) is 15.8. The molecule has 6 nitrogen and oxygen atoms in total. The van der Waals surface area contributed by atoms with E-state index < -0.39 is 10.0 Å². The summed E-state index contributed by atoms with van der Waals surface area (Å²) in [6.07, 6.45) is 2.57. The van der Waals surface area contributed by atoms with Crippen LogP contribution in [0.2, 0.25) is 0 Å². The van der Waals surface area contributed by atoms with Gasteiger partial charge in [0.2, 0.25) is 10.0 Å². The molecule has 0 radical (unpaired) electrons. The van der Waals surface area contributed by atoms with Crippen LogP contribution >= 0.6 is 0 Å². The van der Waals surface area contributed by atoms with E-state index in [1.807, 2.05) is 29.9 Å². The lowest BCUT2D eigenvalue weighted by molar-refractivity contribution is 0.286. The summed E-state index contributed by atoms with van der Waals surface area (Å²) in [5, 5.41) is 4.76. The zero-order chi connectivity index (χ0) is 18.7. The lowest BCUT2D eigenvalue weighted by Gasteiger charge is -2.20. The number of hydrogen-bond acceptors (Lipinski definition) is 4. The molecule has 0 saturated heterocycles. The van der Waals surface area contributed by atoms with Gasteiger partial charge in [-0.3, -0.25) is 4.68 Å². The summed E-state index contributed by atoms with van der Waals surface area (Å²) in [5.74, 6) is 0.209. The second kappa shape index (κ2) is 7.90. The highest BCUT2D eigenvalue weighted by atomic mass is 32.2. The van der Waals surface area contributed by atoms with Gasteiger partial charge in [-0.25, -0.2) is 12.7 Å². The van der Waals surface area contributed by atoms with Gasteiger partial charge >= 0.3 is 0 Å². The van der Waals surface area contributed by atoms with Gasteiger partial charge in [0.15, 0.2) is 0 Å². The Morgan fingerprint density at radius 1 is 1.12 bits per heavy atom. The Morgan fingerprint density at radius 3 is 2.50 bits per heavy atom. The number of aromatic nitrogens is 2. The Hall–Kier alpha value is -1.70. The fourth-order valence-corrected chi connectivity index (χ4v) is 4.39. The van der Waals surface area contributed by atoms with Gasteiger partial charge in [-0.15, -0.1) is 0 Å². The average molecular weight is 377 g/mol. The Kier molecular flexibility index (Phi) is 5.79. The van der Waals surface area contributed by atoms with E-state index in [0.29, 0.717) is 6.42 Å². The van der Waals surface area contributed by atoms with E-state index in [-0.39, 0.29) is 5.75 Å². The van der Waals surface area contributed by atoms with E-state index in [1.165, 1.54) is 15.6 Å². The summed E-state index contributed by atoms with van der Waals surface area (Å²) < 4.78 is 27.2. The maximum Gasteiger partial charge on any atom is 0.213 e. The number of rotatable bonds is 6. The van der Waals surface area contributed by atoms with Crippen LogP contribution in [0.4, 0.5) is 0 Å². The van der Waals surface area contributed by atoms with E-state index in [9.17, 15) is 8.42 Å². The molecule has 0 aliphatic carbocycles. The van der Waals surface area contributed by atoms with Gasteiger partial charge in [-0.2, -0.15) is 5.10 Å². The average Bonchev–Trinajstić information content (AvgIpc) is 2.78. The summed E-state index contributed by atoms with van der Waals surface area (Å²) in [6, 6.07) is 10.3. The molecule has 26 heavy (non-hydrogen) atoms. The number of benzene rings is 1. The van der Waals surface area contributed by atoms with Crippen molar-refractivity contribution < 1.29 is 8.42 Å². The molecule has 2 heterocycles. The number of sulfonamides is 1. The Labute approximate surface area is 156 Å². The molecule has 0 atom stereocenters. The molecule has 0 fully saturated rings. The van der Waals surface area contributed by atoms with Gasteiger partial charge in [0.05, 0.1) is 11.4 Å². The molecular weight excluding hydrogens is 348 g/mol. The first kappa shape index (κ1) is 19.1. The molecule has 7 heteroatoms. The third-order valence-electron chi connectivity index (χ3n) is 5.10. The van der Waals surface area contributed by atoms with Gasteiger partial charge in [-0.05, 0) is 19.4 Å². The number of aryl methyl sites for hydroxylation is 1. The van der Waals surface area contributed by atoms with Gasteiger partial charge < -0.3 is 4.90 Å². The third-order valence-corrected chi connectivity index (χ3v) is 7.02. The maximum atomic E-state index is 11.9. The molecule has 0 bridgehead atoms. The Bertz CT molecular complexity index is 844. The predicted molar refractivity (Wildman–Crippen MR) is 105 cm³/mol. The topological polar surface area (TPSA) is 58.4 Å². The highest BCUT2D eigenvalue weighted by molar-refractivity contribution is 7.89. The van der Waals surface area contributed by atoms with Crippen LogP contribution in [0.15, 0.2) is 30.3 Å². The number of fused-ring (bicyclic) bond motifs is 1. The monoisotopic (exact) mass is 376 g/mol. The molecule has 0 saturated carbocycles. The van der Waals surface area contributed by atoms with Crippen molar-refractivity contribution >= 4 is 10.0 Å². The Morgan fingerprint density at radius 2 is 1.81 bits per heavy atom. The molecule has 0 spiro atoms. The molecule has 0 unspecified atom stereocenters. The molecule has 0 N–H and O–H groups in total. The van der Waals surface area contributed by atoms with Gasteiger partial charge in [0, 0.05) is 57.5 Å². The van der Waals surface area contributed by atoms with Crippen LogP contribution in [0.5, 0.6) is 0 Å². The van der Waals surface area contributed by atoms with Crippen LogP contribution in [0.1, 0.15) is 17.7 Å². The van der Waals surface area contributed by atoms with Crippen molar-refractivity contribution in [1.29, 1.82) is 0 Å². The van der Waals surface area contributed by atoms with Crippen LogP contribution < -0.4 is 0 Å². The van der Waals surface area contributed by atoms with Crippen molar-refractivity contribution in [3.8, 4) is 11.3 Å². The van der Waals surface area contributed by atoms with Crippen molar-refractivity contribution in [2.24, 2.45) is 7.05 Å². The molecular formula is C19H28N4O2S. The van der Waals surface area contributed by atoms with Crippen molar-refractivity contribution in [1.82, 2.24) is 19.0 Å². The Balaban J connectivity index is 1.66. The summed E-state index contributed by atoms with van der Waals surface area (Å²) in [6.45, 7) is 2.71. The zero-order valence-corrected chi connectivity index (χ0v) is 16.7. The molecule has 2 aromatic rings. The maximum absolute atomic E-state index is 11.9. The minimum absolute atomic E-state index is 0.209. The quantitative estimate of drug-likeness (QED) is 0.771. The van der Waals surface area contributed by atoms with Crippen LogP contribution in [0, 0.1) is 0 Å². The first-order valence-electron chi connectivity index (χ1n) is 9.11. The molecule has 3 rings (SSSR count). The summed E-state index contributed by atoms with van der Waals surface area (Å²) in [5.41, 5.74) is 4.88. The summed E-state index contributed by atoms with van der Waals surface area (Å²) in [7, 11) is 2.10. The number of nitrogens with zero attached hydrogens (tertiary/aromatic N) is 4. The van der Waals surface area contributed by atoms with Crippen LogP contribution in [-0.4, -0.2) is 66.9 Å². The SMILES string of the molecule is CN(C)S(=O)(=O)CCCN1CCc2c(-c3ccccc3)nn(C)c2CC1. The molecule has 1 aromatic carbocycles. The van der Waals surface area contributed by atoms with Crippen molar-refractivity contribution in [3.05, 3.63) is 41.6 Å². The smallest absolute Gasteiger partial charge is 0.213 e. The van der Waals surface area contributed by atoms with Crippen LogP contribution in [-0.2, 0) is 29.9 Å². The first-order chi connectivity index (χ1) is 12.4. The van der Waals surface area contributed by atoms with E-state index in [0.717, 1.165) is 43.7 Å². The highest BCUT2D eigenvalue weighted by Gasteiger charge is 2.22. The summed E-state index contributed by atoms with van der Waals surface area (Å²) >= 11 is 0. The molecule has 1 aliphatic heterocycles. The number of hydrogen-bond donors (Lipinski definition) is 0. The van der Waals surface area contributed by atoms with E-state index in [2.05, 4.69) is 17.0 Å². The van der Waals surface area contributed by atoms with Crippen molar-refractivity contribution in [2.75, 3.05) is 39.5 Å². The van der Waals surface area contributed by atoms with Gasteiger partial charge in [0.1, 0.15) is 0 Å². The largest absolute Gasteiger partial charge is 0.303 e. The van der Waals surface area contributed by atoms with Crippen LogP contribution in [0.25, 0.3) is 11.3 Å². The fourth-order valence-electron chi connectivity index (χ4n) is 3.53. The minimum atomic E-state index is -3.11. The first-order valence-corrected chi connectivity index (χ1v) is 10.7. The fraction of sp³-hybridized carbons (Fsp3) is 0.526. The lowest BCUT2D eigenvalue weighted by Crippen LogP contribution is -2.31. The van der Waals surface area contributed by atoms with E-state index in [4.69, 9.17) is 5.10 Å². The van der Waals surface area contributed by atoms with E-state index in [1.54, 1.807) is 14.1 Å². The van der Waals surface area contributed by atoms with Gasteiger partial charge in [0.25, 0.3) is 0 Å². The standard InChI is InChI=1S/C19H28N4O2S/c1-21(2)26(24,25)15-7-12-23-13-10-17-18(11-14-23)22(3)20-19(17)16-8-5-4-6-9-16/h4-6,8-9H,7,10-15H2,1-3H3. The minimum Gasteiger partial charge on any atom is -0.303 e. The zero-order valence-electron chi connectivity index (χ0n) is 15.9. The second-order valence-electron chi connectivity index (χ2n) is 7.06. The molecule has 0 amide bonds. The third kappa shape index (κ3) is 4.16. The highest BCUT2D eigenvalue weighted by Crippen LogP contribution is 2.27. The van der Waals surface area contributed by atoms with Gasteiger partial charge in [-0.1, -0.05) is 30.3 Å². The molecule has 1 aromatic heterocycles. The molecule has 142 valence electrons. The van der Waals surface area contributed by atoms with E-state index >= 15 is 0 Å². The van der Waals surface area contributed by atoms with Crippen LogP contribution in [0.3, 0.4) is 0 Å². The lowest BCUT2D eigenvalue weighted by atomic mass is 10.0. The summed E-state index contributed by atoms with van der Waals surface area (Å²) in [4.78, 5) is 2.37. The molecule has 1 aliphatic rings. The predicted octanol–water partition coefficient (Wildman–Crippen LogP) is 1.77.